The molecule has 0 fully saturated rings. The van der Waals surface area contributed by atoms with Crippen LogP contribution in [0.5, 0.6) is 0 Å². The van der Waals surface area contributed by atoms with Crippen LogP contribution < -0.4 is 4.90 Å². The maximum absolute atomic E-state index is 12.3. The van der Waals surface area contributed by atoms with Gasteiger partial charge in [0.05, 0.1) is 5.69 Å². The van der Waals surface area contributed by atoms with E-state index in [0.29, 0.717) is 6.61 Å². The molecule has 122 valence electrons. The van der Waals surface area contributed by atoms with Crippen molar-refractivity contribution < 1.29 is 14.3 Å². The zero-order valence-electron chi connectivity index (χ0n) is 14.5. The van der Waals surface area contributed by atoms with Crippen molar-refractivity contribution in [3.05, 3.63) is 29.3 Å². The molecule has 0 aromatic heterocycles. The highest BCUT2D eigenvalue weighted by Crippen LogP contribution is 2.40. The van der Waals surface area contributed by atoms with E-state index in [1.807, 2.05) is 39.0 Å². The number of hydrogen-bond acceptors (Lipinski definition) is 3. The van der Waals surface area contributed by atoms with Gasteiger partial charge in [-0.25, -0.2) is 4.79 Å². The molecule has 0 radical (unpaired) electrons. The van der Waals surface area contributed by atoms with Gasteiger partial charge in [-0.05, 0) is 32.4 Å². The van der Waals surface area contributed by atoms with Crippen LogP contribution in [0.2, 0.25) is 25.7 Å². The third-order valence-electron chi connectivity index (χ3n) is 3.94. The van der Waals surface area contributed by atoms with Crippen molar-refractivity contribution in [2.45, 2.75) is 52.1 Å². The second-order valence-electron chi connectivity index (χ2n) is 7.63. The largest absolute Gasteiger partial charge is 0.438 e. The number of benzene rings is 1. The fraction of sp³-hybridized carbons (Fsp3) is 0.588. The van der Waals surface area contributed by atoms with Crippen molar-refractivity contribution in [2.24, 2.45) is 0 Å². The summed E-state index contributed by atoms with van der Waals surface area (Å²) in [6, 6.07) is 7.12. The Labute approximate surface area is 134 Å². The molecule has 1 amide bonds. The van der Waals surface area contributed by atoms with Gasteiger partial charge in [-0.15, -0.1) is 0 Å². The van der Waals surface area contributed by atoms with Gasteiger partial charge in [0.2, 0.25) is 0 Å². The molecule has 1 aliphatic heterocycles. The van der Waals surface area contributed by atoms with Gasteiger partial charge in [0.1, 0.15) is 12.3 Å². The van der Waals surface area contributed by atoms with Gasteiger partial charge in [-0.3, -0.25) is 4.90 Å². The SMILES string of the molecule is Cc1cccc2c1N(COCC[Si](C)(C)C)C(=O)OC2(C)C. The Bertz CT molecular complexity index is 564. The molecule has 0 aliphatic carbocycles. The van der Waals surface area contributed by atoms with Gasteiger partial charge in [0.15, 0.2) is 0 Å². The first-order chi connectivity index (χ1) is 10.1. The van der Waals surface area contributed by atoms with Crippen LogP contribution >= 0.6 is 0 Å². The number of anilines is 1. The van der Waals surface area contributed by atoms with E-state index in [1.54, 1.807) is 4.90 Å². The Hall–Kier alpha value is -1.33. The van der Waals surface area contributed by atoms with E-state index in [1.165, 1.54) is 0 Å². The molecular formula is C17H27NO3Si. The normalized spacial score (nSPS) is 17.2. The third kappa shape index (κ3) is 3.70. The number of rotatable bonds is 5. The second-order valence-corrected chi connectivity index (χ2v) is 13.2. The van der Waals surface area contributed by atoms with Crippen molar-refractivity contribution in [1.82, 2.24) is 0 Å². The van der Waals surface area contributed by atoms with Crippen molar-refractivity contribution in [3.8, 4) is 0 Å². The maximum atomic E-state index is 12.3. The van der Waals surface area contributed by atoms with Gasteiger partial charge in [0.25, 0.3) is 0 Å². The predicted molar refractivity (Wildman–Crippen MR) is 92.1 cm³/mol. The van der Waals surface area contributed by atoms with Crippen LogP contribution in [-0.2, 0) is 15.1 Å². The molecule has 0 saturated heterocycles. The number of para-hydroxylation sites is 1. The predicted octanol–water partition coefficient (Wildman–Crippen LogP) is 4.50. The quantitative estimate of drug-likeness (QED) is 0.592. The lowest BCUT2D eigenvalue weighted by atomic mass is 9.92. The van der Waals surface area contributed by atoms with Gasteiger partial charge in [0, 0.05) is 20.2 Å². The first kappa shape index (κ1) is 17.0. The van der Waals surface area contributed by atoms with Crippen molar-refractivity contribution >= 4 is 19.9 Å². The number of fused-ring (bicyclic) bond motifs is 1. The Morgan fingerprint density at radius 3 is 2.59 bits per heavy atom. The highest BCUT2D eigenvalue weighted by atomic mass is 28.3. The van der Waals surface area contributed by atoms with E-state index in [2.05, 4.69) is 19.6 Å². The Morgan fingerprint density at radius 2 is 1.95 bits per heavy atom. The summed E-state index contributed by atoms with van der Waals surface area (Å²) in [6.07, 6.45) is -0.334. The number of amides is 1. The Balaban J connectivity index is 2.17. The van der Waals surface area contributed by atoms with Gasteiger partial charge in [-0.1, -0.05) is 37.8 Å². The molecule has 22 heavy (non-hydrogen) atoms. The zero-order valence-corrected chi connectivity index (χ0v) is 15.5. The molecule has 1 aliphatic rings. The summed E-state index contributed by atoms with van der Waals surface area (Å²) in [4.78, 5) is 14.0. The highest BCUT2D eigenvalue weighted by molar-refractivity contribution is 6.76. The molecule has 0 bridgehead atoms. The summed E-state index contributed by atoms with van der Waals surface area (Å²) < 4.78 is 11.3. The number of carbonyl (C=O) groups is 1. The van der Waals surface area contributed by atoms with E-state index in [-0.39, 0.29) is 12.8 Å². The van der Waals surface area contributed by atoms with Crippen LogP contribution in [-0.4, -0.2) is 27.5 Å². The molecule has 1 aromatic rings. The first-order valence-electron chi connectivity index (χ1n) is 7.80. The minimum Gasteiger partial charge on any atom is -0.438 e. The van der Waals surface area contributed by atoms with Gasteiger partial charge >= 0.3 is 6.09 Å². The van der Waals surface area contributed by atoms with Crippen molar-refractivity contribution in [3.63, 3.8) is 0 Å². The third-order valence-corrected chi connectivity index (χ3v) is 5.64. The summed E-state index contributed by atoms with van der Waals surface area (Å²) in [5.74, 6) is 0. The molecule has 0 atom stereocenters. The van der Waals surface area contributed by atoms with E-state index in [0.717, 1.165) is 22.9 Å². The van der Waals surface area contributed by atoms with E-state index in [9.17, 15) is 4.79 Å². The summed E-state index contributed by atoms with van der Waals surface area (Å²) in [5.41, 5.74) is 2.42. The fourth-order valence-electron chi connectivity index (χ4n) is 2.57. The molecule has 1 heterocycles. The lowest BCUT2D eigenvalue weighted by Gasteiger charge is -2.39. The molecule has 1 aromatic carbocycles. The minimum absolute atomic E-state index is 0.247. The Kier molecular flexibility index (Phi) is 4.68. The molecular weight excluding hydrogens is 294 g/mol. The van der Waals surface area contributed by atoms with Gasteiger partial charge in [-0.2, -0.15) is 0 Å². The van der Waals surface area contributed by atoms with Crippen molar-refractivity contribution in [2.75, 3.05) is 18.2 Å². The molecule has 4 nitrogen and oxygen atoms in total. The van der Waals surface area contributed by atoms with Crippen LogP contribution in [0.4, 0.5) is 10.5 Å². The van der Waals surface area contributed by atoms with Crippen LogP contribution in [0.3, 0.4) is 0 Å². The number of aryl methyl sites for hydroxylation is 1. The number of carbonyl (C=O) groups excluding carboxylic acids is 1. The summed E-state index contributed by atoms with van der Waals surface area (Å²) in [5, 5.41) is 0. The molecule has 5 heteroatoms. The molecule has 0 N–H and O–H groups in total. The average Bonchev–Trinajstić information content (AvgIpc) is 2.36. The van der Waals surface area contributed by atoms with E-state index >= 15 is 0 Å². The van der Waals surface area contributed by atoms with E-state index < -0.39 is 13.7 Å². The number of hydrogen-bond donors (Lipinski definition) is 0. The maximum Gasteiger partial charge on any atom is 0.417 e. The van der Waals surface area contributed by atoms with E-state index in [4.69, 9.17) is 9.47 Å². The summed E-state index contributed by atoms with van der Waals surface area (Å²) in [6.45, 7) is 13.7. The van der Waals surface area contributed by atoms with Crippen LogP contribution in [0, 0.1) is 6.92 Å². The van der Waals surface area contributed by atoms with Crippen LogP contribution in [0.25, 0.3) is 0 Å². The number of ether oxygens (including phenoxy) is 2. The highest BCUT2D eigenvalue weighted by Gasteiger charge is 2.39. The molecule has 0 saturated carbocycles. The lowest BCUT2D eigenvalue weighted by molar-refractivity contribution is 0.0269. The first-order valence-corrected chi connectivity index (χ1v) is 11.5. The van der Waals surface area contributed by atoms with Crippen molar-refractivity contribution in [1.29, 1.82) is 0 Å². The average molecular weight is 321 g/mol. The topological polar surface area (TPSA) is 38.8 Å². The smallest absolute Gasteiger partial charge is 0.417 e. The molecule has 0 unspecified atom stereocenters. The lowest BCUT2D eigenvalue weighted by Crippen LogP contribution is -2.45. The fourth-order valence-corrected chi connectivity index (χ4v) is 3.33. The molecule has 2 rings (SSSR count). The zero-order chi connectivity index (χ0) is 16.5. The number of cyclic esters (lactones) is 1. The Morgan fingerprint density at radius 1 is 1.27 bits per heavy atom. The standard InChI is InChI=1S/C17H27NO3Si/c1-13-8-7-9-14-15(13)18(16(19)21-17(14,2)3)12-20-10-11-22(4,5)6/h7-9H,10-12H2,1-6H3. The minimum atomic E-state index is -1.13. The summed E-state index contributed by atoms with van der Waals surface area (Å²) in [7, 11) is -1.13. The van der Waals surface area contributed by atoms with Crippen LogP contribution in [0.15, 0.2) is 18.2 Å². The second kappa shape index (κ2) is 6.05. The number of nitrogens with zero attached hydrogens (tertiary/aromatic N) is 1. The monoisotopic (exact) mass is 321 g/mol. The van der Waals surface area contributed by atoms with Gasteiger partial charge < -0.3 is 9.47 Å². The molecule has 0 spiro atoms. The summed E-state index contributed by atoms with van der Waals surface area (Å²) >= 11 is 0. The van der Waals surface area contributed by atoms with Crippen LogP contribution in [0.1, 0.15) is 25.0 Å².